The summed E-state index contributed by atoms with van der Waals surface area (Å²) >= 11 is 1.69. The van der Waals surface area contributed by atoms with E-state index >= 15 is 0 Å². The Morgan fingerprint density at radius 2 is 2.35 bits per heavy atom. The highest BCUT2D eigenvalue weighted by molar-refractivity contribution is 7.07. The van der Waals surface area contributed by atoms with Crippen LogP contribution < -0.4 is 0 Å². The van der Waals surface area contributed by atoms with Crippen LogP contribution in [-0.4, -0.2) is 27.1 Å². The van der Waals surface area contributed by atoms with Crippen LogP contribution in [0.15, 0.2) is 22.9 Å². The minimum atomic E-state index is 0.171. The van der Waals surface area contributed by atoms with Crippen molar-refractivity contribution in [3.8, 4) is 0 Å². The van der Waals surface area contributed by atoms with Gasteiger partial charge in [-0.05, 0) is 55.1 Å². The van der Waals surface area contributed by atoms with E-state index in [4.69, 9.17) is 0 Å². The topological polar surface area (TPSA) is 38.1 Å². The number of hydrogen-bond acceptors (Lipinski definition) is 3. The maximum Gasteiger partial charge on any atom is 0.244 e. The van der Waals surface area contributed by atoms with Crippen molar-refractivity contribution in [1.29, 1.82) is 0 Å². The zero-order valence-corrected chi connectivity index (χ0v) is 12.7. The van der Waals surface area contributed by atoms with Crippen molar-refractivity contribution in [2.75, 3.05) is 6.54 Å². The minimum absolute atomic E-state index is 0.171. The number of thiophene rings is 1. The first kappa shape index (κ1) is 13.4. The number of aromatic nitrogens is 2. The highest BCUT2D eigenvalue weighted by atomic mass is 32.1. The molecule has 3 heterocycles. The molecule has 2 aromatic rings. The predicted octanol–water partition coefficient (Wildman–Crippen LogP) is 2.93. The van der Waals surface area contributed by atoms with Gasteiger partial charge in [-0.25, -0.2) is 0 Å². The van der Waals surface area contributed by atoms with Crippen LogP contribution in [-0.2, 0) is 11.3 Å². The van der Waals surface area contributed by atoms with Crippen LogP contribution in [0.4, 0.5) is 0 Å². The van der Waals surface area contributed by atoms with E-state index < -0.39 is 0 Å². The van der Waals surface area contributed by atoms with E-state index in [-0.39, 0.29) is 11.9 Å². The molecule has 3 rings (SSSR count). The molecule has 0 saturated carbocycles. The molecule has 5 heteroatoms. The Morgan fingerprint density at radius 3 is 3.00 bits per heavy atom. The molecular formula is C15H19N3OS. The zero-order valence-electron chi connectivity index (χ0n) is 11.9. The smallest absolute Gasteiger partial charge is 0.244 e. The molecule has 20 heavy (non-hydrogen) atoms. The molecule has 1 atom stereocenters. The van der Waals surface area contributed by atoms with Crippen molar-refractivity contribution < 1.29 is 4.79 Å². The molecule has 106 valence electrons. The summed E-state index contributed by atoms with van der Waals surface area (Å²) in [6.45, 7) is 5.16. The average Bonchev–Trinajstić information content (AvgIpc) is 3.11. The quantitative estimate of drug-likeness (QED) is 0.871. The Bertz CT molecular complexity index is 603. The molecule has 1 fully saturated rings. The summed E-state index contributed by atoms with van der Waals surface area (Å²) in [6.07, 6.45) is 2.16. The second-order valence-corrected chi connectivity index (χ2v) is 6.17. The van der Waals surface area contributed by atoms with Gasteiger partial charge in [-0.15, -0.1) is 0 Å². The molecule has 1 aliphatic heterocycles. The highest BCUT2D eigenvalue weighted by Gasteiger charge is 2.30. The molecule has 1 unspecified atom stereocenters. The van der Waals surface area contributed by atoms with Crippen molar-refractivity contribution in [3.63, 3.8) is 0 Å². The first-order chi connectivity index (χ1) is 9.65. The Morgan fingerprint density at radius 1 is 1.50 bits per heavy atom. The fourth-order valence-electron chi connectivity index (χ4n) is 2.93. The third-order valence-corrected chi connectivity index (χ3v) is 4.59. The third-order valence-electron chi connectivity index (χ3n) is 3.89. The lowest BCUT2D eigenvalue weighted by Crippen LogP contribution is -2.33. The second-order valence-electron chi connectivity index (χ2n) is 5.39. The monoisotopic (exact) mass is 289 g/mol. The largest absolute Gasteiger partial charge is 0.334 e. The highest BCUT2D eigenvalue weighted by Crippen LogP contribution is 2.33. The summed E-state index contributed by atoms with van der Waals surface area (Å²) in [5, 5.41) is 8.61. The van der Waals surface area contributed by atoms with Gasteiger partial charge in [0.05, 0.1) is 11.7 Å². The second kappa shape index (κ2) is 5.40. The molecule has 4 nitrogen and oxygen atoms in total. The van der Waals surface area contributed by atoms with E-state index in [2.05, 4.69) is 21.9 Å². The molecule has 0 aromatic carbocycles. The van der Waals surface area contributed by atoms with Crippen molar-refractivity contribution in [3.05, 3.63) is 39.8 Å². The SMILES string of the molecule is Cc1cc(C)n(CC(=O)N2CCCC2c2ccsc2)n1. The number of aryl methyl sites for hydroxylation is 2. The van der Waals surface area contributed by atoms with Gasteiger partial charge >= 0.3 is 0 Å². The van der Waals surface area contributed by atoms with E-state index in [1.807, 2.05) is 24.8 Å². The van der Waals surface area contributed by atoms with Crippen molar-refractivity contribution >= 4 is 17.2 Å². The lowest BCUT2D eigenvalue weighted by Gasteiger charge is -2.24. The Hall–Kier alpha value is -1.62. The number of likely N-dealkylation sites (tertiary alicyclic amines) is 1. The van der Waals surface area contributed by atoms with E-state index in [9.17, 15) is 4.79 Å². The van der Waals surface area contributed by atoms with Gasteiger partial charge in [0.25, 0.3) is 0 Å². The number of amides is 1. The summed E-state index contributed by atoms with van der Waals surface area (Å²) in [6, 6.07) is 4.39. The van der Waals surface area contributed by atoms with Gasteiger partial charge in [-0.1, -0.05) is 0 Å². The first-order valence-corrected chi connectivity index (χ1v) is 7.92. The molecule has 0 N–H and O–H groups in total. The van der Waals surface area contributed by atoms with Crippen molar-refractivity contribution in [2.45, 2.75) is 39.3 Å². The number of carbonyl (C=O) groups is 1. The van der Waals surface area contributed by atoms with Crippen LogP contribution in [0, 0.1) is 13.8 Å². The maximum absolute atomic E-state index is 12.6. The average molecular weight is 289 g/mol. The molecule has 1 amide bonds. The summed E-state index contributed by atoms with van der Waals surface area (Å²) in [4.78, 5) is 14.6. The van der Waals surface area contributed by atoms with Gasteiger partial charge in [0.1, 0.15) is 6.54 Å². The maximum atomic E-state index is 12.6. The first-order valence-electron chi connectivity index (χ1n) is 6.98. The Labute approximate surface area is 123 Å². The van der Waals surface area contributed by atoms with Gasteiger partial charge in [0, 0.05) is 12.2 Å². The number of nitrogens with zero attached hydrogens (tertiary/aromatic N) is 3. The normalized spacial score (nSPS) is 18.7. The minimum Gasteiger partial charge on any atom is -0.334 e. The third kappa shape index (κ3) is 2.50. The van der Waals surface area contributed by atoms with Crippen LogP contribution in [0.2, 0.25) is 0 Å². The van der Waals surface area contributed by atoms with E-state index in [0.717, 1.165) is 30.8 Å². The van der Waals surface area contributed by atoms with Gasteiger partial charge < -0.3 is 4.90 Å². The molecule has 1 saturated heterocycles. The van der Waals surface area contributed by atoms with Gasteiger partial charge in [-0.2, -0.15) is 16.4 Å². The standard InChI is InChI=1S/C15H19N3OS/c1-11-8-12(2)18(16-11)9-15(19)17-6-3-4-14(17)13-5-7-20-10-13/h5,7-8,10,14H,3-4,6,9H2,1-2H3. The number of carbonyl (C=O) groups excluding carboxylic acids is 1. The zero-order chi connectivity index (χ0) is 14.1. The summed E-state index contributed by atoms with van der Waals surface area (Å²) in [5.74, 6) is 0.171. The van der Waals surface area contributed by atoms with Crippen molar-refractivity contribution in [1.82, 2.24) is 14.7 Å². The Kier molecular flexibility index (Phi) is 3.61. The Balaban J connectivity index is 1.75. The molecule has 0 aliphatic carbocycles. The van der Waals surface area contributed by atoms with E-state index in [1.54, 1.807) is 16.0 Å². The molecule has 0 spiro atoms. The van der Waals surface area contributed by atoms with Crippen LogP contribution >= 0.6 is 11.3 Å². The summed E-state index contributed by atoms with van der Waals surface area (Å²) < 4.78 is 1.81. The number of rotatable bonds is 3. The molecule has 0 radical (unpaired) electrons. The van der Waals surface area contributed by atoms with Crippen LogP contribution in [0.3, 0.4) is 0 Å². The van der Waals surface area contributed by atoms with Gasteiger partial charge in [0.15, 0.2) is 0 Å². The van der Waals surface area contributed by atoms with Crippen LogP contribution in [0.5, 0.6) is 0 Å². The molecular weight excluding hydrogens is 270 g/mol. The number of hydrogen-bond donors (Lipinski definition) is 0. The summed E-state index contributed by atoms with van der Waals surface area (Å²) in [7, 11) is 0. The fraction of sp³-hybridized carbons (Fsp3) is 0.467. The van der Waals surface area contributed by atoms with Gasteiger partial charge in [0.2, 0.25) is 5.91 Å². The predicted molar refractivity (Wildman–Crippen MR) is 79.7 cm³/mol. The lowest BCUT2D eigenvalue weighted by molar-refractivity contribution is -0.133. The molecule has 1 aliphatic rings. The lowest BCUT2D eigenvalue weighted by atomic mass is 10.1. The van der Waals surface area contributed by atoms with Crippen LogP contribution in [0.1, 0.15) is 35.8 Å². The van der Waals surface area contributed by atoms with Crippen molar-refractivity contribution in [2.24, 2.45) is 0 Å². The van der Waals surface area contributed by atoms with Gasteiger partial charge in [-0.3, -0.25) is 9.48 Å². The molecule has 2 aromatic heterocycles. The summed E-state index contributed by atoms with van der Waals surface area (Å²) in [5.41, 5.74) is 3.28. The fourth-order valence-corrected chi connectivity index (χ4v) is 3.64. The van der Waals surface area contributed by atoms with E-state index in [1.165, 1.54) is 5.56 Å². The van der Waals surface area contributed by atoms with Crippen LogP contribution in [0.25, 0.3) is 0 Å². The molecule has 0 bridgehead atoms. The van der Waals surface area contributed by atoms with E-state index in [0.29, 0.717) is 6.54 Å².